The van der Waals surface area contributed by atoms with Crippen molar-refractivity contribution in [2.75, 3.05) is 10.7 Å². The van der Waals surface area contributed by atoms with Gasteiger partial charge in [-0.05, 0) is 54.8 Å². The van der Waals surface area contributed by atoms with Crippen LogP contribution in [-0.4, -0.2) is 25.1 Å². The molecule has 0 bridgehead atoms. The minimum atomic E-state index is -3.56. The molecular formula is C25H24N2O3S2. The van der Waals surface area contributed by atoms with Crippen LogP contribution in [0.2, 0.25) is 0 Å². The van der Waals surface area contributed by atoms with E-state index in [-0.39, 0.29) is 28.7 Å². The second-order valence-electron chi connectivity index (χ2n) is 7.68. The lowest BCUT2D eigenvalue weighted by Gasteiger charge is -2.21. The molecule has 32 heavy (non-hydrogen) atoms. The zero-order valence-corrected chi connectivity index (χ0v) is 19.8. The van der Waals surface area contributed by atoms with E-state index in [9.17, 15) is 13.2 Å². The van der Waals surface area contributed by atoms with E-state index in [4.69, 9.17) is 4.98 Å². The van der Waals surface area contributed by atoms with Crippen LogP contribution < -0.4 is 4.90 Å². The summed E-state index contributed by atoms with van der Waals surface area (Å²) in [6, 6.07) is 20.1. The molecule has 0 N–H and O–H groups in total. The van der Waals surface area contributed by atoms with Crippen LogP contribution in [0.4, 0.5) is 5.13 Å². The third-order valence-corrected chi connectivity index (χ3v) is 8.31. The van der Waals surface area contributed by atoms with Gasteiger partial charge in [-0.15, -0.1) is 0 Å². The minimum absolute atomic E-state index is 0.0540. The van der Waals surface area contributed by atoms with Crippen molar-refractivity contribution in [3.8, 4) is 0 Å². The fraction of sp³-hybridized carbons (Fsp3) is 0.200. The summed E-state index contributed by atoms with van der Waals surface area (Å²) in [7, 11) is -3.56. The van der Waals surface area contributed by atoms with Gasteiger partial charge in [0.2, 0.25) is 0 Å². The van der Waals surface area contributed by atoms with E-state index in [2.05, 4.69) is 6.07 Å². The minimum Gasteiger partial charge on any atom is -0.279 e. The maximum atomic E-state index is 13.8. The van der Waals surface area contributed by atoms with Crippen LogP contribution in [-0.2, 0) is 16.4 Å². The molecular weight excluding hydrogens is 440 g/mol. The number of hydrogen-bond donors (Lipinski definition) is 0. The summed E-state index contributed by atoms with van der Waals surface area (Å²) in [5.74, 6) is -0.454. The number of sulfone groups is 1. The molecule has 1 aromatic heterocycles. The fourth-order valence-electron chi connectivity index (χ4n) is 3.49. The first kappa shape index (κ1) is 22.2. The number of anilines is 1. The molecule has 0 unspecified atom stereocenters. The number of carbonyl (C=O) groups excluding carboxylic acids is 1. The summed E-state index contributed by atoms with van der Waals surface area (Å²) in [4.78, 5) is 20.1. The van der Waals surface area contributed by atoms with Crippen LogP contribution >= 0.6 is 11.3 Å². The number of aromatic nitrogens is 1. The molecule has 0 aliphatic rings. The number of carbonyl (C=O) groups is 1. The average molecular weight is 465 g/mol. The summed E-state index contributed by atoms with van der Waals surface area (Å²) >= 11 is 1.43. The molecule has 0 saturated heterocycles. The Labute approximate surface area is 192 Å². The summed E-state index contributed by atoms with van der Waals surface area (Å²) in [6.07, 6.45) is 0. The number of thiazole rings is 1. The number of nitrogens with zero attached hydrogens (tertiary/aromatic N) is 2. The van der Waals surface area contributed by atoms with Crippen LogP contribution in [0.15, 0.2) is 71.6 Å². The lowest BCUT2D eigenvalue weighted by Crippen LogP contribution is -2.31. The molecule has 4 rings (SSSR count). The van der Waals surface area contributed by atoms with Crippen molar-refractivity contribution in [2.24, 2.45) is 0 Å². The molecule has 0 fully saturated rings. The standard InChI is InChI=1S/C25H24N2O3S2/c1-4-32(29,30)23-13-9-8-12-20(23)24(28)27(16-19-10-6-5-7-11-19)25-26-21-14-17(2)18(3)15-22(21)31-25/h5-15H,4,16H2,1-3H3. The summed E-state index contributed by atoms with van der Waals surface area (Å²) in [6.45, 7) is 5.95. The maximum absolute atomic E-state index is 13.8. The predicted octanol–water partition coefficient (Wildman–Crippen LogP) is 5.55. The normalized spacial score (nSPS) is 11.6. The quantitative estimate of drug-likeness (QED) is 0.375. The van der Waals surface area contributed by atoms with Crippen molar-refractivity contribution in [2.45, 2.75) is 32.2 Å². The third-order valence-electron chi connectivity index (χ3n) is 5.48. The molecule has 0 aliphatic carbocycles. The SMILES string of the molecule is CCS(=O)(=O)c1ccccc1C(=O)N(Cc1ccccc1)c1nc2cc(C)c(C)cc2s1. The Bertz CT molecular complexity index is 1350. The van der Waals surface area contributed by atoms with Crippen LogP contribution in [0.1, 0.15) is 34.0 Å². The van der Waals surface area contributed by atoms with Crippen molar-refractivity contribution in [1.82, 2.24) is 4.98 Å². The first-order chi connectivity index (χ1) is 15.3. The molecule has 0 radical (unpaired) electrons. The molecule has 0 atom stereocenters. The van der Waals surface area contributed by atoms with E-state index in [0.717, 1.165) is 26.9 Å². The van der Waals surface area contributed by atoms with E-state index in [1.165, 1.54) is 17.4 Å². The number of aryl methyl sites for hydroxylation is 2. The zero-order valence-electron chi connectivity index (χ0n) is 18.2. The molecule has 5 nitrogen and oxygen atoms in total. The lowest BCUT2D eigenvalue weighted by molar-refractivity contribution is 0.0982. The Morgan fingerprint density at radius 2 is 1.62 bits per heavy atom. The molecule has 7 heteroatoms. The fourth-order valence-corrected chi connectivity index (χ4v) is 5.62. The smallest absolute Gasteiger partial charge is 0.261 e. The zero-order chi connectivity index (χ0) is 22.9. The van der Waals surface area contributed by atoms with Gasteiger partial charge in [0.05, 0.1) is 33.0 Å². The monoisotopic (exact) mass is 464 g/mol. The van der Waals surface area contributed by atoms with Gasteiger partial charge in [0.1, 0.15) is 0 Å². The highest BCUT2D eigenvalue weighted by atomic mass is 32.2. The van der Waals surface area contributed by atoms with Gasteiger partial charge in [0.15, 0.2) is 15.0 Å². The summed E-state index contributed by atoms with van der Waals surface area (Å²) in [5.41, 5.74) is 4.22. The van der Waals surface area contributed by atoms with Crippen molar-refractivity contribution in [3.63, 3.8) is 0 Å². The number of amides is 1. The van der Waals surface area contributed by atoms with Crippen LogP contribution in [0.3, 0.4) is 0 Å². The highest BCUT2D eigenvalue weighted by Gasteiger charge is 2.27. The molecule has 3 aromatic carbocycles. The molecule has 1 heterocycles. The van der Waals surface area contributed by atoms with E-state index in [1.54, 1.807) is 30.0 Å². The number of fused-ring (bicyclic) bond motifs is 1. The van der Waals surface area contributed by atoms with Crippen LogP contribution in [0.25, 0.3) is 10.2 Å². The van der Waals surface area contributed by atoms with Gasteiger partial charge < -0.3 is 0 Å². The van der Waals surface area contributed by atoms with Crippen molar-refractivity contribution in [1.29, 1.82) is 0 Å². The van der Waals surface area contributed by atoms with Crippen molar-refractivity contribution < 1.29 is 13.2 Å². The highest BCUT2D eigenvalue weighted by molar-refractivity contribution is 7.91. The van der Waals surface area contributed by atoms with Gasteiger partial charge >= 0.3 is 0 Å². The van der Waals surface area contributed by atoms with Gasteiger partial charge in [-0.3, -0.25) is 9.69 Å². The van der Waals surface area contributed by atoms with E-state index in [0.29, 0.717) is 5.13 Å². The topological polar surface area (TPSA) is 67.3 Å². The second kappa shape index (κ2) is 8.84. The van der Waals surface area contributed by atoms with E-state index < -0.39 is 9.84 Å². The summed E-state index contributed by atoms with van der Waals surface area (Å²) in [5, 5.41) is 0.544. The van der Waals surface area contributed by atoms with E-state index in [1.807, 2.05) is 50.2 Å². The Morgan fingerprint density at radius 3 is 2.34 bits per heavy atom. The Kier molecular flexibility index (Phi) is 6.13. The first-order valence-corrected chi connectivity index (χ1v) is 12.8. The van der Waals surface area contributed by atoms with Gasteiger partial charge in [0.25, 0.3) is 5.91 Å². The lowest BCUT2D eigenvalue weighted by atomic mass is 10.1. The van der Waals surface area contributed by atoms with Gasteiger partial charge in [-0.25, -0.2) is 13.4 Å². The molecule has 0 spiro atoms. The van der Waals surface area contributed by atoms with Crippen LogP contribution in [0.5, 0.6) is 0 Å². The van der Waals surface area contributed by atoms with Gasteiger partial charge in [-0.2, -0.15) is 0 Å². The largest absolute Gasteiger partial charge is 0.279 e. The predicted molar refractivity (Wildman–Crippen MR) is 130 cm³/mol. The Balaban J connectivity index is 1.85. The highest BCUT2D eigenvalue weighted by Crippen LogP contribution is 2.33. The maximum Gasteiger partial charge on any atom is 0.261 e. The molecule has 0 saturated carbocycles. The van der Waals surface area contributed by atoms with Gasteiger partial charge in [0, 0.05) is 0 Å². The molecule has 164 valence electrons. The third kappa shape index (κ3) is 4.31. The molecule has 0 aliphatic heterocycles. The molecule has 1 amide bonds. The average Bonchev–Trinajstić information content (AvgIpc) is 3.20. The number of rotatable bonds is 6. The van der Waals surface area contributed by atoms with Crippen LogP contribution in [0, 0.1) is 13.8 Å². The first-order valence-electron chi connectivity index (χ1n) is 10.4. The molecule has 4 aromatic rings. The van der Waals surface area contributed by atoms with Gasteiger partial charge in [-0.1, -0.05) is 60.7 Å². The van der Waals surface area contributed by atoms with Crippen molar-refractivity contribution in [3.05, 3.63) is 89.0 Å². The Hall–Kier alpha value is -3.03. The number of hydrogen-bond acceptors (Lipinski definition) is 5. The second-order valence-corrected chi connectivity index (χ2v) is 10.9. The van der Waals surface area contributed by atoms with E-state index >= 15 is 0 Å². The number of benzene rings is 3. The Morgan fingerprint density at radius 1 is 0.969 bits per heavy atom. The summed E-state index contributed by atoms with van der Waals surface area (Å²) < 4.78 is 26.3. The van der Waals surface area contributed by atoms with Crippen molar-refractivity contribution >= 4 is 42.4 Å².